The Bertz CT molecular complexity index is 1380. The fourth-order valence-electron chi connectivity index (χ4n) is 4.19. The van der Waals surface area contributed by atoms with Crippen LogP contribution >= 0.6 is 0 Å². The number of aryl methyl sites for hydroxylation is 1. The zero-order chi connectivity index (χ0) is 27.4. The topological polar surface area (TPSA) is 182 Å². The molecule has 1 aromatic carbocycles. The van der Waals surface area contributed by atoms with Crippen molar-refractivity contribution in [3.05, 3.63) is 73.6 Å². The molecule has 37 heavy (non-hydrogen) atoms. The van der Waals surface area contributed by atoms with E-state index in [-0.39, 0.29) is 40.7 Å². The lowest BCUT2D eigenvalue weighted by Crippen LogP contribution is -2.27. The number of aromatic nitrogens is 2. The molecule has 1 aliphatic rings. The van der Waals surface area contributed by atoms with Crippen LogP contribution < -0.4 is 10.5 Å². The Balaban J connectivity index is 2.20. The molecule has 1 unspecified atom stereocenters. The fourth-order valence-corrected chi connectivity index (χ4v) is 4.19. The third kappa shape index (κ3) is 5.08. The molecule has 0 amide bonds. The van der Waals surface area contributed by atoms with Gasteiger partial charge in [0.25, 0.3) is 0 Å². The van der Waals surface area contributed by atoms with Crippen molar-refractivity contribution < 1.29 is 33.5 Å². The Morgan fingerprint density at radius 1 is 1.27 bits per heavy atom. The quantitative estimate of drug-likeness (QED) is 0.312. The normalized spacial score (nSPS) is 15.1. The molecule has 0 aliphatic carbocycles. The number of hydrogen-bond acceptors (Lipinski definition) is 11. The van der Waals surface area contributed by atoms with Crippen molar-refractivity contribution in [1.29, 1.82) is 5.26 Å². The monoisotopic (exact) mass is 511 g/mol. The maximum Gasteiger partial charge on any atom is 0.338 e. The van der Waals surface area contributed by atoms with Crippen LogP contribution in [0, 0.1) is 35.3 Å². The molecule has 1 aliphatic heterocycles. The molecule has 194 valence electrons. The van der Waals surface area contributed by atoms with E-state index in [9.17, 15) is 25.0 Å². The molecule has 1 atom stereocenters. The average molecular weight is 511 g/mol. The van der Waals surface area contributed by atoms with E-state index in [1.807, 2.05) is 6.07 Å². The maximum absolute atomic E-state index is 12.9. The summed E-state index contributed by atoms with van der Waals surface area (Å²) in [5, 5.41) is 25.6. The maximum atomic E-state index is 12.9. The molecule has 2 aromatic rings. The van der Waals surface area contributed by atoms with Gasteiger partial charge in [-0.15, -0.1) is 0 Å². The van der Waals surface area contributed by atoms with Crippen LogP contribution in [0.1, 0.15) is 34.9 Å². The molecule has 13 nitrogen and oxygen atoms in total. The smallest absolute Gasteiger partial charge is 0.338 e. The minimum atomic E-state index is -1.04. The number of carbonyl (C=O) groups excluding carboxylic acids is 2. The highest BCUT2D eigenvalue weighted by molar-refractivity contribution is 5.93. The number of rotatable bonds is 8. The summed E-state index contributed by atoms with van der Waals surface area (Å²) in [5.74, 6) is -2.48. The first kappa shape index (κ1) is 26.7. The molecule has 0 radical (unpaired) electrons. The summed E-state index contributed by atoms with van der Waals surface area (Å²) in [6.45, 7) is 3.22. The van der Waals surface area contributed by atoms with Crippen LogP contribution in [-0.4, -0.2) is 48.0 Å². The van der Waals surface area contributed by atoms with Crippen molar-refractivity contribution in [2.24, 2.45) is 5.73 Å². The fraction of sp³-hybridized carbons (Fsp3) is 0.333. The van der Waals surface area contributed by atoms with Crippen LogP contribution in [0.4, 0.5) is 5.69 Å². The summed E-state index contributed by atoms with van der Waals surface area (Å²) in [5.41, 5.74) is 7.37. The SMILES string of the molecule is COC(=O)CC1=C(C(=O)OC)C(c2ccc(OC)c(Cn3nc(C)c([N+](=O)[O-])c3C)c2)C(C#N)=C(N)O1. The van der Waals surface area contributed by atoms with Crippen molar-refractivity contribution in [3.8, 4) is 11.8 Å². The van der Waals surface area contributed by atoms with Crippen molar-refractivity contribution in [3.63, 3.8) is 0 Å². The van der Waals surface area contributed by atoms with Gasteiger partial charge >= 0.3 is 17.6 Å². The van der Waals surface area contributed by atoms with Crippen LogP contribution in [0.5, 0.6) is 5.75 Å². The van der Waals surface area contributed by atoms with Crippen LogP contribution in [0.2, 0.25) is 0 Å². The van der Waals surface area contributed by atoms with E-state index in [2.05, 4.69) is 5.10 Å². The lowest BCUT2D eigenvalue weighted by atomic mass is 9.82. The second-order valence-corrected chi connectivity index (χ2v) is 8.01. The molecule has 0 fully saturated rings. The lowest BCUT2D eigenvalue weighted by molar-refractivity contribution is -0.386. The molecular formula is C24H25N5O8. The summed E-state index contributed by atoms with van der Waals surface area (Å²) in [4.78, 5) is 35.8. The highest BCUT2D eigenvalue weighted by Crippen LogP contribution is 2.42. The Labute approximate surface area is 211 Å². The van der Waals surface area contributed by atoms with Crippen molar-refractivity contribution >= 4 is 17.6 Å². The van der Waals surface area contributed by atoms with Crippen LogP contribution in [0.3, 0.4) is 0 Å². The predicted molar refractivity (Wildman–Crippen MR) is 127 cm³/mol. The number of hydrogen-bond donors (Lipinski definition) is 1. The highest BCUT2D eigenvalue weighted by atomic mass is 16.6. The number of benzene rings is 1. The Morgan fingerprint density at radius 2 is 1.97 bits per heavy atom. The molecule has 3 rings (SSSR count). The number of nitro groups is 1. The summed E-state index contributed by atoms with van der Waals surface area (Å²) in [7, 11) is 3.80. The third-order valence-electron chi connectivity index (χ3n) is 5.92. The third-order valence-corrected chi connectivity index (χ3v) is 5.92. The second-order valence-electron chi connectivity index (χ2n) is 8.01. The summed E-state index contributed by atoms with van der Waals surface area (Å²) in [6.07, 6.45) is -0.421. The predicted octanol–water partition coefficient (Wildman–Crippen LogP) is 2.26. The molecule has 13 heteroatoms. The minimum absolute atomic E-state index is 0.0631. The van der Waals surface area contributed by atoms with E-state index in [0.29, 0.717) is 22.6 Å². The number of carbonyl (C=O) groups is 2. The first-order valence-corrected chi connectivity index (χ1v) is 10.9. The van der Waals surface area contributed by atoms with Crippen molar-refractivity contribution in [1.82, 2.24) is 9.78 Å². The Morgan fingerprint density at radius 3 is 2.51 bits per heavy atom. The Hall–Kier alpha value is -4.86. The summed E-state index contributed by atoms with van der Waals surface area (Å²) in [6, 6.07) is 6.90. The molecular weight excluding hydrogens is 486 g/mol. The van der Waals surface area contributed by atoms with E-state index in [1.54, 1.807) is 32.0 Å². The van der Waals surface area contributed by atoms with Crippen molar-refractivity contribution in [2.45, 2.75) is 32.7 Å². The zero-order valence-electron chi connectivity index (χ0n) is 20.9. The zero-order valence-corrected chi connectivity index (χ0v) is 20.9. The van der Waals surface area contributed by atoms with E-state index in [0.717, 1.165) is 7.11 Å². The van der Waals surface area contributed by atoms with Crippen LogP contribution in [0.25, 0.3) is 0 Å². The molecule has 1 aromatic heterocycles. The number of ether oxygens (including phenoxy) is 4. The number of nitriles is 1. The number of esters is 2. The molecule has 0 saturated heterocycles. The van der Waals surface area contributed by atoms with Crippen molar-refractivity contribution in [2.75, 3.05) is 21.3 Å². The number of nitrogens with two attached hydrogens (primary N) is 1. The molecule has 2 N–H and O–H groups in total. The molecule has 2 heterocycles. The first-order valence-electron chi connectivity index (χ1n) is 10.9. The summed E-state index contributed by atoms with van der Waals surface area (Å²) >= 11 is 0. The van der Waals surface area contributed by atoms with Gasteiger partial charge in [-0.1, -0.05) is 6.07 Å². The van der Waals surface area contributed by atoms with Gasteiger partial charge in [0.05, 0.1) is 44.3 Å². The average Bonchev–Trinajstić information content (AvgIpc) is 3.15. The molecule has 0 bridgehead atoms. The number of nitrogens with zero attached hydrogens (tertiary/aromatic N) is 4. The summed E-state index contributed by atoms with van der Waals surface area (Å²) < 4.78 is 22.1. The second kappa shape index (κ2) is 10.8. The van der Waals surface area contributed by atoms with Gasteiger partial charge in [0.15, 0.2) is 0 Å². The van der Waals surface area contributed by atoms with Gasteiger partial charge in [-0.2, -0.15) is 10.4 Å². The number of allylic oxidation sites excluding steroid dienone is 1. The molecule has 0 spiro atoms. The Kier molecular flexibility index (Phi) is 7.82. The van der Waals surface area contributed by atoms with E-state index >= 15 is 0 Å². The molecule has 0 saturated carbocycles. The van der Waals surface area contributed by atoms with E-state index in [1.165, 1.54) is 18.9 Å². The first-order chi connectivity index (χ1) is 17.6. The van der Waals surface area contributed by atoms with Gasteiger partial charge in [0, 0.05) is 5.56 Å². The van der Waals surface area contributed by atoms with E-state index < -0.39 is 29.2 Å². The van der Waals surface area contributed by atoms with Gasteiger partial charge in [0.2, 0.25) is 5.88 Å². The van der Waals surface area contributed by atoms with Gasteiger partial charge in [0.1, 0.15) is 41.0 Å². The van der Waals surface area contributed by atoms with Gasteiger partial charge in [-0.25, -0.2) is 4.79 Å². The lowest BCUT2D eigenvalue weighted by Gasteiger charge is -2.28. The van der Waals surface area contributed by atoms with Gasteiger partial charge in [-0.05, 0) is 31.5 Å². The minimum Gasteiger partial charge on any atom is -0.496 e. The highest BCUT2D eigenvalue weighted by Gasteiger charge is 2.38. The van der Waals surface area contributed by atoms with Crippen LogP contribution in [0.15, 0.2) is 41.0 Å². The van der Waals surface area contributed by atoms with Gasteiger partial charge < -0.3 is 24.7 Å². The largest absolute Gasteiger partial charge is 0.496 e. The number of methoxy groups -OCH3 is 3. The standard InChI is InChI=1S/C24H25N5O8/c1-12-22(29(32)33)13(2)28(27-12)11-15-8-14(6-7-17(15)34-3)20-16(10-25)23(26)37-18(9-19(30)35-4)21(20)24(31)36-5/h6-8,20H,9,11,26H2,1-5H3. The van der Waals surface area contributed by atoms with E-state index in [4.69, 9.17) is 24.7 Å². The van der Waals surface area contributed by atoms with Crippen LogP contribution in [-0.2, 0) is 30.3 Å². The van der Waals surface area contributed by atoms with Gasteiger partial charge in [-0.3, -0.25) is 19.6 Å².